The monoisotopic (exact) mass is 390 g/mol. The van der Waals surface area contributed by atoms with Crippen LogP contribution in [-0.4, -0.2) is 20.4 Å². The van der Waals surface area contributed by atoms with Crippen LogP contribution in [0.4, 0.5) is 4.39 Å². The Balaban J connectivity index is 1.81. The number of aromatic amines is 1. The fraction of sp³-hybridized carbons (Fsp3) is 0.136. The number of amides is 1. The number of H-pyrrole nitrogens is 1. The van der Waals surface area contributed by atoms with Crippen LogP contribution in [0, 0.1) is 5.82 Å². The summed E-state index contributed by atoms with van der Waals surface area (Å²) in [6, 6.07) is 10.2. The smallest absolute Gasteiger partial charge is 0.253 e. The highest BCUT2D eigenvalue weighted by Gasteiger charge is 2.22. The Hall–Kier alpha value is -3.74. The van der Waals surface area contributed by atoms with Gasteiger partial charge in [-0.15, -0.1) is 0 Å². The van der Waals surface area contributed by atoms with E-state index in [4.69, 9.17) is 0 Å². The quantitative estimate of drug-likeness (QED) is 0.548. The van der Waals surface area contributed by atoms with Gasteiger partial charge in [0.15, 0.2) is 0 Å². The summed E-state index contributed by atoms with van der Waals surface area (Å²) in [5.74, 6) is -0.693. The summed E-state index contributed by atoms with van der Waals surface area (Å²) in [6.07, 6.45) is 6.84. The molecule has 4 rings (SSSR count). The first-order valence-electron chi connectivity index (χ1n) is 9.24. The Morgan fingerprint density at radius 3 is 2.69 bits per heavy atom. The molecule has 0 fully saturated rings. The minimum Gasteiger partial charge on any atom is -0.346 e. The largest absolute Gasteiger partial charge is 0.346 e. The summed E-state index contributed by atoms with van der Waals surface area (Å²) in [7, 11) is 0. The Morgan fingerprint density at radius 2 is 2.00 bits per heavy atom. The van der Waals surface area contributed by atoms with E-state index in [9.17, 15) is 14.0 Å². The summed E-state index contributed by atoms with van der Waals surface area (Å²) >= 11 is 0. The fourth-order valence-electron chi connectivity index (χ4n) is 3.42. The van der Waals surface area contributed by atoms with Gasteiger partial charge in [0, 0.05) is 42.2 Å². The molecule has 0 saturated heterocycles. The van der Waals surface area contributed by atoms with Gasteiger partial charge in [-0.3, -0.25) is 14.6 Å². The van der Waals surface area contributed by atoms with Crippen molar-refractivity contribution in [3.63, 3.8) is 0 Å². The number of carbonyl (C=O) groups is 1. The number of fused-ring (bicyclic) bond motifs is 1. The molecular formula is C22H19FN4O2. The van der Waals surface area contributed by atoms with E-state index in [2.05, 4.69) is 19.9 Å². The van der Waals surface area contributed by atoms with Crippen LogP contribution in [0.2, 0.25) is 0 Å². The lowest BCUT2D eigenvalue weighted by molar-refractivity contribution is 0.0943. The van der Waals surface area contributed by atoms with Crippen LogP contribution in [0.5, 0.6) is 0 Å². The zero-order valence-electron chi connectivity index (χ0n) is 15.7. The molecule has 1 aromatic carbocycles. The molecule has 1 atom stereocenters. The zero-order valence-corrected chi connectivity index (χ0v) is 15.7. The van der Waals surface area contributed by atoms with Crippen molar-refractivity contribution >= 4 is 16.8 Å². The molecule has 3 heterocycles. The number of hydrogen-bond acceptors (Lipinski definition) is 3. The number of halogens is 1. The SMILES string of the molecule is CCn1cc([C@H](NC(=O)c2ccc(=O)[nH]c2)c2ccc(F)cc2)c2ccncc21. The molecular weight excluding hydrogens is 371 g/mol. The maximum Gasteiger partial charge on any atom is 0.253 e. The van der Waals surface area contributed by atoms with Crippen molar-refractivity contribution in [3.8, 4) is 0 Å². The van der Waals surface area contributed by atoms with Crippen LogP contribution in [-0.2, 0) is 6.54 Å². The number of pyridine rings is 2. The Labute approximate surface area is 166 Å². The number of aromatic nitrogens is 3. The molecule has 0 saturated carbocycles. The van der Waals surface area contributed by atoms with E-state index in [0.29, 0.717) is 5.56 Å². The number of nitrogens with one attached hydrogen (secondary N) is 2. The Kier molecular flexibility index (Phi) is 4.95. The van der Waals surface area contributed by atoms with Gasteiger partial charge >= 0.3 is 0 Å². The first-order valence-corrected chi connectivity index (χ1v) is 9.24. The zero-order chi connectivity index (χ0) is 20.4. The van der Waals surface area contributed by atoms with E-state index in [1.165, 1.54) is 30.5 Å². The lowest BCUT2D eigenvalue weighted by Gasteiger charge is -2.19. The first-order chi connectivity index (χ1) is 14.1. The molecule has 0 radical (unpaired) electrons. The minimum atomic E-state index is -0.507. The van der Waals surface area contributed by atoms with Crippen LogP contribution in [0.15, 0.2) is 72.0 Å². The Bertz CT molecular complexity index is 1210. The van der Waals surface area contributed by atoms with Gasteiger partial charge in [0.05, 0.1) is 23.3 Å². The number of hydrogen-bond donors (Lipinski definition) is 2. The molecule has 2 N–H and O–H groups in total. The van der Waals surface area contributed by atoms with Crippen LogP contribution >= 0.6 is 0 Å². The average Bonchev–Trinajstić information content (AvgIpc) is 3.12. The lowest BCUT2D eigenvalue weighted by Crippen LogP contribution is -2.29. The third-order valence-corrected chi connectivity index (χ3v) is 4.89. The molecule has 1 amide bonds. The van der Waals surface area contributed by atoms with Crippen molar-refractivity contribution in [3.05, 3.63) is 100 Å². The van der Waals surface area contributed by atoms with Gasteiger partial charge in [-0.1, -0.05) is 12.1 Å². The van der Waals surface area contributed by atoms with Gasteiger partial charge in [0.1, 0.15) is 5.82 Å². The van der Waals surface area contributed by atoms with Gasteiger partial charge < -0.3 is 14.9 Å². The van der Waals surface area contributed by atoms with Gasteiger partial charge in [0.2, 0.25) is 5.56 Å². The molecule has 0 aliphatic rings. The van der Waals surface area contributed by atoms with Crippen LogP contribution in [0.1, 0.15) is 34.5 Å². The highest BCUT2D eigenvalue weighted by Crippen LogP contribution is 2.31. The van der Waals surface area contributed by atoms with E-state index in [1.807, 2.05) is 19.2 Å². The second kappa shape index (κ2) is 7.71. The number of nitrogens with zero attached hydrogens (tertiary/aromatic N) is 2. The maximum atomic E-state index is 13.5. The molecule has 0 bridgehead atoms. The predicted octanol–water partition coefficient (Wildman–Crippen LogP) is 3.40. The van der Waals surface area contributed by atoms with Crippen molar-refractivity contribution in [1.29, 1.82) is 0 Å². The van der Waals surface area contributed by atoms with Crippen molar-refractivity contribution in [1.82, 2.24) is 19.9 Å². The van der Waals surface area contributed by atoms with Gasteiger partial charge in [-0.25, -0.2) is 4.39 Å². The molecule has 0 unspecified atom stereocenters. The highest BCUT2D eigenvalue weighted by atomic mass is 19.1. The first kappa shape index (κ1) is 18.6. The number of aryl methyl sites for hydroxylation is 1. The molecule has 7 heteroatoms. The predicted molar refractivity (Wildman–Crippen MR) is 108 cm³/mol. The second-order valence-corrected chi connectivity index (χ2v) is 6.66. The van der Waals surface area contributed by atoms with Gasteiger partial charge in [-0.05, 0) is 36.8 Å². The van der Waals surface area contributed by atoms with E-state index < -0.39 is 6.04 Å². The topological polar surface area (TPSA) is 79.8 Å². The summed E-state index contributed by atoms with van der Waals surface area (Å²) in [6.45, 7) is 2.77. The standard InChI is InChI=1S/C22H19FN4O2/c1-2-27-13-18(17-9-10-24-12-19(17)27)21(14-3-6-16(23)7-4-14)26-22(29)15-5-8-20(28)25-11-15/h3-13,21H,2H2,1H3,(H,25,28)(H,26,29)/t21-/m1/s1. The molecule has 29 heavy (non-hydrogen) atoms. The number of benzene rings is 1. The number of carbonyl (C=O) groups excluding carboxylic acids is 1. The third kappa shape index (κ3) is 3.67. The number of rotatable bonds is 5. The van der Waals surface area contributed by atoms with Crippen LogP contribution < -0.4 is 10.9 Å². The van der Waals surface area contributed by atoms with Crippen molar-refractivity contribution in [2.75, 3.05) is 0 Å². The molecule has 0 spiro atoms. The van der Waals surface area contributed by atoms with E-state index >= 15 is 0 Å². The van der Waals surface area contributed by atoms with E-state index in [-0.39, 0.29) is 17.3 Å². The summed E-state index contributed by atoms with van der Waals surface area (Å²) in [5.41, 5.74) is 2.63. The molecule has 3 aromatic heterocycles. The minimum absolute atomic E-state index is 0.282. The Morgan fingerprint density at radius 1 is 1.21 bits per heavy atom. The summed E-state index contributed by atoms with van der Waals surface area (Å²) in [5, 5.41) is 3.97. The second-order valence-electron chi connectivity index (χ2n) is 6.66. The highest BCUT2D eigenvalue weighted by molar-refractivity contribution is 5.95. The van der Waals surface area contributed by atoms with Crippen molar-refractivity contribution in [2.24, 2.45) is 0 Å². The van der Waals surface area contributed by atoms with Crippen LogP contribution in [0.25, 0.3) is 10.9 Å². The molecule has 0 aliphatic heterocycles. The molecule has 146 valence electrons. The van der Waals surface area contributed by atoms with Crippen molar-refractivity contribution < 1.29 is 9.18 Å². The molecule has 6 nitrogen and oxygen atoms in total. The maximum absolute atomic E-state index is 13.5. The lowest BCUT2D eigenvalue weighted by atomic mass is 9.98. The van der Waals surface area contributed by atoms with Crippen molar-refractivity contribution in [2.45, 2.75) is 19.5 Å². The van der Waals surface area contributed by atoms with E-state index in [1.54, 1.807) is 24.5 Å². The molecule has 4 aromatic rings. The van der Waals surface area contributed by atoms with E-state index in [0.717, 1.165) is 28.6 Å². The molecule has 0 aliphatic carbocycles. The van der Waals surface area contributed by atoms with Crippen LogP contribution in [0.3, 0.4) is 0 Å². The summed E-state index contributed by atoms with van der Waals surface area (Å²) in [4.78, 5) is 30.9. The fourth-order valence-corrected chi connectivity index (χ4v) is 3.42. The summed E-state index contributed by atoms with van der Waals surface area (Å²) < 4.78 is 15.6. The normalized spacial score (nSPS) is 12.1. The third-order valence-electron chi connectivity index (χ3n) is 4.89. The average molecular weight is 390 g/mol. The van der Waals surface area contributed by atoms with Gasteiger partial charge in [0.25, 0.3) is 5.91 Å². The van der Waals surface area contributed by atoms with Gasteiger partial charge in [-0.2, -0.15) is 0 Å².